The first-order chi connectivity index (χ1) is 10.7. The van der Waals surface area contributed by atoms with Crippen molar-refractivity contribution in [2.45, 2.75) is 27.2 Å². The molecule has 0 unspecified atom stereocenters. The van der Waals surface area contributed by atoms with E-state index in [-0.39, 0.29) is 12.4 Å². The zero-order valence-electron chi connectivity index (χ0n) is 15.0. The van der Waals surface area contributed by atoms with E-state index in [1.54, 1.807) is 6.92 Å². The van der Waals surface area contributed by atoms with Crippen molar-refractivity contribution >= 4 is 15.8 Å². The predicted molar refractivity (Wildman–Crippen MR) is 92.0 cm³/mol. The Balaban J connectivity index is 4.08. The van der Waals surface area contributed by atoms with Crippen LogP contribution in [0.1, 0.15) is 27.2 Å². The molecule has 0 rings (SSSR count). The second-order valence-electron chi connectivity index (χ2n) is 5.93. The third kappa shape index (κ3) is 10.5. The molecule has 0 radical (unpaired) electrons. The molecule has 0 aliphatic heterocycles. The highest BCUT2D eigenvalue weighted by molar-refractivity contribution is 7.90. The summed E-state index contributed by atoms with van der Waals surface area (Å²) in [6.45, 7) is 14.0. The van der Waals surface area contributed by atoms with Crippen LogP contribution in [0.25, 0.3) is 0 Å². The van der Waals surface area contributed by atoms with Crippen molar-refractivity contribution in [3.63, 3.8) is 0 Å². The topological polar surface area (TPSA) is 69.7 Å². The third-order valence-corrected chi connectivity index (χ3v) is 5.04. The summed E-state index contributed by atoms with van der Waals surface area (Å²) in [6.07, 6.45) is 1.94. The molecule has 0 heterocycles. The molecule has 0 atom stereocenters. The Bertz CT molecular complexity index is 469. The molecule has 0 aromatic rings. The standard InChI is InChI=1S/C16H32NO5S/c1-6-17(7-2,9-8-14-23(5,19)20)10-11-21-12-13-22-16(18)15(3)4/h3,6-14H2,1-2,4-5H3/q+1. The molecule has 0 N–H and O–H groups in total. The van der Waals surface area contributed by atoms with Crippen molar-refractivity contribution in [1.29, 1.82) is 0 Å². The Hall–Kier alpha value is -0.920. The van der Waals surface area contributed by atoms with Gasteiger partial charge in [-0.25, -0.2) is 13.2 Å². The van der Waals surface area contributed by atoms with Gasteiger partial charge in [-0.15, -0.1) is 0 Å². The molecular formula is C16H32NO5S+. The minimum absolute atomic E-state index is 0.220. The van der Waals surface area contributed by atoms with Crippen molar-refractivity contribution in [2.24, 2.45) is 0 Å². The van der Waals surface area contributed by atoms with Crippen LogP contribution in [0.15, 0.2) is 12.2 Å². The number of hydrogen-bond donors (Lipinski definition) is 0. The monoisotopic (exact) mass is 350 g/mol. The Kier molecular flexibility index (Phi) is 10.3. The molecule has 0 bridgehead atoms. The number of sulfone groups is 1. The van der Waals surface area contributed by atoms with E-state index >= 15 is 0 Å². The Labute approximate surface area is 141 Å². The lowest BCUT2D eigenvalue weighted by molar-refractivity contribution is -0.925. The smallest absolute Gasteiger partial charge is 0.333 e. The summed E-state index contributed by atoms with van der Waals surface area (Å²) in [5, 5.41) is 0. The minimum Gasteiger partial charge on any atom is -0.460 e. The van der Waals surface area contributed by atoms with Crippen LogP contribution in [-0.2, 0) is 24.1 Å². The summed E-state index contributed by atoms with van der Waals surface area (Å²) in [5.41, 5.74) is 0.378. The van der Waals surface area contributed by atoms with Gasteiger partial charge in [-0.3, -0.25) is 0 Å². The summed E-state index contributed by atoms with van der Waals surface area (Å²) >= 11 is 0. The average molecular weight is 351 g/mol. The van der Waals surface area contributed by atoms with Gasteiger partial charge in [0.2, 0.25) is 0 Å². The molecule has 0 aromatic carbocycles. The van der Waals surface area contributed by atoms with Gasteiger partial charge in [0.05, 0.1) is 38.6 Å². The summed E-state index contributed by atoms with van der Waals surface area (Å²) in [4.78, 5) is 11.2. The summed E-state index contributed by atoms with van der Waals surface area (Å²) in [7, 11) is -2.91. The molecular weight excluding hydrogens is 318 g/mol. The van der Waals surface area contributed by atoms with Crippen LogP contribution in [0.5, 0.6) is 0 Å². The second kappa shape index (κ2) is 10.8. The van der Waals surface area contributed by atoms with Crippen LogP contribution in [-0.4, -0.2) is 76.9 Å². The van der Waals surface area contributed by atoms with E-state index in [1.807, 2.05) is 0 Å². The van der Waals surface area contributed by atoms with Crippen molar-refractivity contribution in [3.05, 3.63) is 12.2 Å². The molecule has 0 aromatic heterocycles. The number of rotatable bonds is 13. The highest BCUT2D eigenvalue weighted by Crippen LogP contribution is 2.09. The van der Waals surface area contributed by atoms with Gasteiger partial charge in [-0.1, -0.05) is 6.58 Å². The number of nitrogens with zero attached hydrogens (tertiary/aromatic N) is 1. The van der Waals surface area contributed by atoms with Gasteiger partial charge < -0.3 is 14.0 Å². The summed E-state index contributed by atoms with van der Waals surface area (Å²) in [5.74, 6) is -0.174. The van der Waals surface area contributed by atoms with Gasteiger partial charge in [0, 0.05) is 18.2 Å². The lowest BCUT2D eigenvalue weighted by Gasteiger charge is -2.36. The number of esters is 1. The highest BCUT2D eigenvalue weighted by atomic mass is 32.2. The first-order valence-electron chi connectivity index (χ1n) is 8.09. The second-order valence-corrected chi connectivity index (χ2v) is 8.19. The number of carbonyl (C=O) groups excluding carboxylic acids is 1. The van der Waals surface area contributed by atoms with Crippen molar-refractivity contribution in [1.82, 2.24) is 0 Å². The minimum atomic E-state index is -2.91. The zero-order chi connectivity index (χ0) is 17.9. The average Bonchev–Trinajstić information content (AvgIpc) is 2.47. The number of ether oxygens (including phenoxy) is 2. The van der Waals surface area contributed by atoms with E-state index < -0.39 is 15.8 Å². The Morgan fingerprint density at radius 1 is 1.09 bits per heavy atom. The number of likely N-dealkylation sites (N-methyl/N-ethyl adjacent to an activating group) is 1. The molecule has 23 heavy (non-hydrogen) atoms. The van der Waals surface area contributed by atoms with Crippen LogP contribution in [0.2, 0.25) is 0 Å². The maximum Gasteiger partial charge on any atom is 0.333 e. The Morgan fingerprint density at radius 3 is 2.17 bits per heavy atom. The quantitative estimate of drug-likeness (QED) is 0.217. The SMILES string of the molecule is C=C(C)C(=O)OCCOCC[N+](CC)(CC)CCCS(C)(=O)=O. The lowest BCUT2D eigenvalue weighted by atomic mass is 10.3. The number of hydrogen-bond acceptors (Lipinski definition) is 5. The zero-order valence-corrected chi connectivity index (χ0v) is 15.8. The number of quaternary nitrogens is 1. The molecule has 0 spiro atoms. The Morgan fingerprint density at radius 2 is 1.70 bits per heavy atom. The molecule has 0 fully saturated rings. The largest absolute Gasteiger partial charge is 0.460 e. The molecule has 0 saturated heterocycles. The van der Waals surface area contributed by atoms with Gasteiger partial charge in [-0.05, 0) is 20.8 Å². The molecule has 0 saturated carbocycles. The first kappa shape index (κ1) is 22.1. The van der Waals surface area contributed by atoms with E-state index in [0.29, 0.717) is 25.2 Å². The molecule has 7 heteroatoms. The van der Waals surface area contributed by atoms with Crippen LogP contribution >= 0.6 is 0 Å². The third-order valence-electron chi connectivity index (χ3n) is 4.01. The van der Waals surface area contributed by atoms with Gasteiger partial charge in [0.1, 0.15) is 23.0 Å². The fraction of sp³-hybridized carbons (Fsp3) is 0.812. The molecule has 0 aliphatic rings. The first-order valence-corrected chi connectivity index (χ1v) is 10.1. The fourth-order valence-corrected chi connectivity index (χ4v) is 2.96. The van der Waals surface area contributed by atoms with E-state index in [4.69, 9.17) is 9.47 Å². The molecule has 0 aliphatic carbocycles. The van der Waals surface area contributed by atoms with Crippen LogP contribution in [0.4, 0.5) is 0 Å². The number of carbonyl (C=O) groups is 1. The van der Waals surface area contributed by atoms with Gasteiger partial charge >= 0.3 is 5.97 Å². The maximum absolute atomic E-state index is 11.2. The van der Waals surface area contributed by atoms with E-state index in [9.17, 15) is 13.2 Å². The van der Waals surface area contributed by atoms with E-state index in [2.05, 4.69) is 20.4 Å². The van der Waals surface area contributed by atoms with Crippen molar-refractivity contribution in [3.8, 4) is 0 Å². The highest BCUT2D eigenvalue weighted by Gasteiger charge is 2.23. The van der Waals surface area contributed by atoms with Crippen LogP contribution < -0.4 is 0 Å². The van der Waals surface area contributed by atoms with Gasteiger partial charge in [0.15, 0.2) is 0 Å². The fourth-order valence-electron chi connectivity index (χ4n) is 2.31. The van der Waals surface area contributed by atoms with Crippen LogP contribution in [0, 0.1) is 0 Å². The van der Waals surface area contributed by atoms with E-state index in [0.717, 1.165) is 30.7 Å². The molecule has 6 nitrogen and oxygen atoms in total. The van der Waals surface area contributed by atoms with Crippen molar-refractivity contribution in [2.75, 3.05) is 58.0 Å². The predicted octanol–water partition coefficient (Wildman–Crippen LogP) is 1.41. The lowest BCUT2D eigenvalue weighted by Crippen LogP contribution is -2.50. The molecule has 136 valence electrons. The maximum atomic E-state index is 11.2. The summed E-state index contributed by atoms with van der Waals surface area (Å²) < 4.78 is 33.8. The normalized spacial score (nSPS) is 12.2. The molecule has 0 amide bonds. The van der Waals surface area contributed by atoms with Gasteiger partial charge in [0.25, 0.3) is 0 Å². The van der Waals surface area contributed by atoms with Crippen LogP contribution in [0.3, 0.4) is 0 Å². The van der Waals surface area contributed by atoms with Crippen molar-refractivity contribution < 1.29 is 27.2 Å². The van der Waals surface area contributed by atoms with E-state index in [1.165, 1.54) is 6.26 Å². The van der Waals surface area contributed by atoms with Gasteiger partial charge in [-0.2, -0.15) is 0 Å². The summed E-state index contributed by atoms with van der Waals surface area (Å²) in [6, 6.07) is 0.